The molecule has 0 spiro atoms. The molecule has 2 fully saturated rings. The van der Waals surface area contributed by atoms with E-state index in [1.807, 2.05) is 0 Å². The maximum atomic E-state index is 15.0. The lowest BCUT2D eigenvalue weighted by molar-refractivity contribution is -0.348. The minimum absolute atomic E-state index is 0.107. The number of benzene rings is 2. The van der Waals surface area contributed by atoms with Crippen LogP contribution in [0.2, 0.25) is 0 Å². The molecule has 2 aromatic carbocycles. The van der Waals surface area contributed by atoms with E-state index in [0.717, 1.165) is 30.3 Å². The van der Waals surface area contributed by atoms with E-state index < -0.39 is 61.9 Å². The van der Waals surface area contributed by atoms with Crippen molar-refractivity contribution in [2.75, 3.05) is 20.1 Å². The Hall–Kier alpha value is -3.23. The molecule has 43 heavy (non-hydrogen) atoms. The lowest BCUT2D eigenvalue weighted by atomic mass is 9.76. The Bertz CT molecular complexity index is 1540. The molecule has 2 amide bonds. The van der Waals surface area contributed by atoms with Crippen LogP contribution in [0.15, 0.2) is 47.4 Å². The standard InChI is InChI=1S/C28H26F8N2O4S/c1-37-12-10-17(15-23(37)39)24(40)38-13-11-25(43(41,42)20-6-4-19(29)5-7-20)21-8-3-18(14-16(21)2-9-22(25)38)26(30,27(31,32)33)28(34,35)36/h3-8,14,17,22H,2,9-13,15H2,1H3/t17?,22-,25-/m1/s1. The third kappa shape index (κ3) is 4.60. The first-order valence-electron chi connectivity index (χ1n) is 13.4. The van der Waals surface area contributed by atoms with Crippen molar-refractivity contribution in [3.63, 3.8) is 0 Å². The maximum Gasteiger partial charge on any atom is 0.435 e. The largest absolute Gasteiger partial charge is 0.435 e. The van der Waals surface area contributed by atoms with Gasteiger partial charge in [0.25, 0.3) is 0 Å². The topological polar surface area (TPSA) is 74.8 Å². The number of piperidine rings is 1. The van der Waals surface area contributed by atoms with Crippen LogP contribution in [0, 0.1) is 11.7 Å². The van der Waals surface area contributed by atoms with Crippen molar-refractivity contribution in [3.8, 4) is 0 Å². The van der Waals surface area contributed by atoms with Gasteiger partial charge in [0, 0.05) is 38.0 Å². The van der Waals surface area contributed by atoms with Crippen LogP contribution in [0.5, 0.6) is 0 Å². The van der Waals surface area contributed by atoms with Crippen molar-refractivity contribution in [2.24, 2.45) is 5.92 Å². The molecule has 1 unspecified atom stereocenters. The number of nitrogens with zero attached hydrogens (tertiary/aromatic N) is 2. The fourth-order valence-corrected chi connectivity index (χ4v) is 9.07. The van der Waals surface area contributed by atoms with Crippen molar-refractivity contribution in [3.05, 3.63) is 65.0 Å². The first-order valence-corrected chi connectivity index (χ1v) is 14.9. The quantitative estimate of drug-likeness (QED) is 0.341. The maximum absolute atomic E-state index is 15.0. The highest BCUT2D eigenvalue weighted by Crippen LogP contribution is 2.57. The first kappa shape index (κ1) is 31.2. The Morgan fingerprint density at radius 2 is 1.56 bits per heavy atom. The summed E-state index contributed by atoms with van der Waals surface area (Å²) in [7, 11) is -3.01. The molecule has 1 aliphatic carbocycles. The lowest BCUT2D eigenvalue weighted by Crippen LogP contribution is -2.54. The summed E-state index contributed by atoms with van der Waals surface area (Å²) in [4.78, 5) is 28.4. The SMILES string of the molecule is CN1CCC(C(=O)N2CC[C@@]3(S(=O)(=O)c4ccc(F)cc4)c4ccc(C(F)(C(F)(F)F)C(F)(F)F)cc4CC[C@@H]23)CC1=O. The summed E-state index contributed by atoms with van der Waals surface area (Å²) in [6.45, 7) is 0.158. The molecule has 0 saturated carbocycles. The summed E-state index contributed by atoms with van der Waals surface area (Å²) in [5.74, 6) is -2.27. The Morgan fingerprint density at radius 3 is 2.14 bits per heavy atom. The Kier molecular flexibility index (Phi) is 7.37. The molecule has 2 heterocycles. The summed E-state index contributed by atoms with van der Waals surface area (Å²) < 4.78 is 136. The summed E-state index contributed by atoms with van der Waals surface area (Å²) in [5, 5.41) is 0. The van der Waals surface area contributed by atoms with Crippen LogP contribution in [0.3, 0.4) is 0 Å². The second kappa shape index (κ2) is 10.2. The molecule has 3 aliphatic rings. The van der Waals surface area contributed by atoms with Crippen LogP contribution in [0.4, 0.5) is 35.1 Å². The van der Waals surface area contributed by atoms with E-state index in [-0.39, 0.29) is 60.2 Å². The van der Waals surface area contributed by atoms with Gasteiger partial charge in [-0.25, -0.2) is 17.2 Å². The zero-order chi connectivity index (χ0) is 31.8. The lowest BCUT2D eigenvalue weighted by Gasteiger charge is -2.44. The summed E-state index contributed by atoms with van der Waals surface area (Å²) in [6.07, 6.45) is -13.2. The van der Waals surface area contributed by atoms with E-state index in [9.17, 15) is 53.1 Å². The second-order valence-electron chi connectivity index (χ2n) is 11.2. The summed E-state index contributed by atoms with van der Waals surface area (Å²) in [5.41, 5.74) is -7.85. The second-order valence-corrected chi connectivity index (χ2v) is 13.4. The van der Waals surface area contributed by atoms with Gasteiger partial charge in [0.05, 0.1) is 10.9 Å². The normalized spacial score (nSPS) is 25.0. The third-order valence-electron chi connectivity index (χ3n) is 8.96. The fourth-order valence-electron chi connectivity index (χ4n) is 6.71. The molecule has 0 radical (unpaired) electrons. The van der Waals surface area contributed by atoms with E-state index in [1.165, 1.54) is 9.80 Å². The number of amides is 2. The molecule has 0 bridgehead atoms. The van der Waals surface area contributed by atoms with Crippen LogP contribution in [0.1, 0.15) is 42.4 Å². The molecule has 6 nitrogen and oxygen atoms in total. The molecule has 0 aromatic heterocycles. The zero-order valence-corrected chi connectivity index (χ0v) is 23.4. The molecular formula is C28H26F8N2O4S. The highest BCUT2D eigenvalue weighted by Gasteiger charge is 2.74. The average Bonchev–Trinajstić information content (AvgIpc) is 3.34. The third-order valence-corrected chi connectivity index (χ3v) is 11.5. The Balaban J connectivity index is 1.66. The average molecular weight is 639 g/mol. The van der Waals surface area contributed by atoms with Gasteiger partial charge in [-0.3, -0.25) is 9.59 Å². The number of aryl methyl sites for hydroxylation is 1. The van der Waals surface area contributed by atoms with Crippen molar-refractivity contribution in [1.82, 2.24) is 9.80 Å². The van der Waals surface area contributed by atoms with Gasteiger partial charge in [-0.1, -0.05) is 18.2 Å². The smallest absolute Gasteiger partial charge is 0.346 e. The van der Waals surface area contributed by atoms with Crippen LogP contribution in [0.25, 0.3) is 0 Å². The fraction of sp³-hybridized carbons (Fsp3) is 0.500. The molecule has 234 valence electrons. The van der Waals surface area contributed by atoms with Gasteiger partial charge in [0.1, 0.15) is 10.6 Å². The number of halogens is 8. The number of likely N-dealkylation sites (tertiary alicyclic amines) is 2. The number of rotatable bonds is 4. The molecule has 2 aliphatic heterocycles. The number of fused-ring (bicyclic) bond motifs is 3. The van der Waals surface area contributed by atoms with E-state index in [4.69, 9.17) is 0 Å². The number of sulfone groups is 1. The number of carbonyl (C=O) groups is 2. The van der Waals surface area contributed by atoms with Gasteiger partial charge in [-0.15, -0.1) is 0 Å². The number of hydrogen-bond acceptors (Lipinski definition) is 4. The van der Waals surface area contributed by atoms with Crippen LogP contribution in [-0.2, 0) is 36.3 Å². The molecule has 15 heteroatoms. The number of alkyl halides is 7. The first-order chi connectivity index (χ1) is 19.9. The van der Waals surface area contributed by atoms with E-state index in [2.05, 4.69) is 0 Å². The highest BCUT2D eigenvalue weighted by molar-refractivity contribution is 7.92. The van der Waals surface area contributed by atoms with E-state index in [0.29, 0.717) is 19.0 Å². The molecule has 0 N–H and O–H groups in total. The van der Waals surface area contributed by atoms with Crippen molar-refractivity contribution >= 4 is 21.7 Å². The summed E-state index contributed by atoms with van der Waals surface area (Å²) >= 11 is 0. The van der Waals surface area contributed by atoms with Gasteiger partial charge in [0.15, 0.2) is 9.84 Å². The van der Waals surface area contributed by atoms with Crippen molar-refractivity contribution in [1.29, 1.82) is 0 Å². The summed E-state index contributed by atoms with van der Waals surface area (Å²) in [6, 6.07) is 4.08. The minimum atomic E-state index is -6.36. The highest BCUT2D eigenvalue weighted by atomic mass is 32.2. The van der Waals surface area contributed by atoms with Crippen LogP contribution >= 0.6 is 0 Å². The van der Waals surface area contributed by atoms with Gasteiger partial charge in [-0.05, 0) is 61.1 Å². The van der Waals surface area contributed by atoms with Crippen LogP contribution in [-0.4, -0.2) is 68.6 Å². The van der Waals surface area contributed by atoms with Gasteiger partial charge >= 0.3 is 18.0 Å². The van der Waals surface area contributed by atoms with E-state index >= 15 is 0 Å². The Labute approximate surface area is 241 Å². The predicted octanol–water partition coefficient (Wildman–Crippen LogP) is 5.20. The van der Waals surface area contributed by atoms with Gasteiger partial charge in [0.2, 0.25) is 11.8 Å². The van der Waals surface area contributed by atoms with Crippen LogP contribution < -0.4 is 0 Å². The minimum Gasteiger partial charge on any atom is -0.346 e. The predicted molar refractivity (Wildman–Crippen MR) is 135 cm³/mol. The molecule has 2 saturated heterocycles. The number of hydrogen-bond donors (Lipinski definition) is 0. The number of carbonyl (C=O) groups excluding carboxylic acids is 2. The molecule has 3 atom stereocenters. The van der Waals surface area contributed by atoms with Gasteiger partial charge in [-0.2, -0.15) is 26.3 Å². The zero-order valence-electron chi connectivity index (χ0n) is 22.6. The van der Waals surface area contributed by atoms with E-state index in [1.54, 1.807) is 7.05 Å². The van der Waals surface area contributed by atoms with Crippen molar-refractivity contribution < 1.29 is 53.1 Å². The van der Waals surface area contributed by atoms with Gasteiger partial charge < -0.3 is 9.80 Å². The molecule has 5 rings (SSSR count). The molecule has 2 aromatic rings. The molecular weight excluding hydrogens is 612 g/mol. The monoisotopic (exact) mass is 638 g/mol. The van der Waals surface area contributed by atoms with Crippen molar-refractivity contribution in [2.45, 2.75) is 65.8 Å². The Morgan fingerprint density at radius 1 is 0.930 bits per heavy atom.